The van der Waals surface area contributed by atoms with Crippen LogP contribution in [-0.4, -0.2) is 19.0 Å². The first kappa shape index (κ1) is 24.4. The van der Waals surface area contributed by atoms with Crippen molar-refractivity contribution < 1.29 is 19.1 Å². The summed E-state index contributed by atoms with van der Waals surface area (Å²) in [5.41, 5.74) is 4.47. The number of ether oxygens (including phenoxy) is 2. The summed E-state index contributed by atoms with van der Waals surface area (Å²) in [5, 5.41) is 0. The molecule has 0 aliphatic rings. The number of rotatable bonds is 11. The fourth-order valence-electron chi connectivity index (χ4n) is 2.76. The van der Waals surface area contributed by atoms with E-state index in [0.29, 0.717) is 5.56 Å². The van der Waals surface area contributed by atoms with E-state index in [0.717, 1.165) is 31.3 Å². The molecule has 0 bridgehead atoms. The summed E-state index contributed by atoms with van der Waals surface area (Å²) >= 11 is 0. The van der Waals surface area contributed by atoms with Crippen LogP contribution < -0.4 is 0 Å². The van der Waals surface area contributed by atoms with Gasteiger partial charge in [0.1, 0.15) is 0 Å². The molecule has 0 aliphatic carbocycles. The molecule has 0 aromatic heterocycles. The molecular weight excluding hydrogens is 364 g/mol. The zero-order valence-electron chi connectivity index (χ0n) is 18.4. The van der Waals surface area contributed by atoms with Crippen molar-refractivity contribution in [2.45, 2.75) is 65.9 Å². The second kappa shape index (κ2) is 13.5. The Labute approximate surface area is 175 Å². The van der Waals surface area contributed by atoms with Gasteiger partial charge in [-0.3, -0.25) is 4.79 Å². The molecule has 0 spiro atoms. The predicted octanol–water partition coefficient (Wildman–Crippen LogP) is 6.25. The highest BCUT2D eigenvalue weighted by molar-refractivity contribution is 5.81. The largest absolute Gasteiger partial charge is 0.466 e. The smallest absolute Gasteiger partial charge is 0.351 e. The second-order valence-corrected chi connectivity index (χ2v) is 7.47. The average molecular weight is 399 g/mol. The average Bonchev–Trinajstić information content (AvgIpc) is 2.70. The lowest BCUT2D eigenvalue weighted by Gasteiger charge is -2.15. The number of carbonyl (C=O) groups excluding carboxylic acids is 2. The van der Waals surface area contributed by atoms with E-state index >= 15 is 0 Å². The molecular formula is C25H34O4. The molecule has 0 amide bonds. The summed E-state index contributed by atoms with van der Waals surface area (Å²) in [7, 11) is 1.28. The minimum Gasteiger partial charge on any atom is -0.466 e. The molecule has 0 N–H and O–H groups in total. The molecule has 1 atom stereocenters. The van der Waals surface area contributed by atoms with Gasteiger partial charge in [-0.15, -0.1) is 0 Å². The molecule has 29 heavy (non-hydrogen) atoms. The summed E-state index contributed by atoms with van der Waals surface area (Å²) in [6, 6.07) is 8.89. The Morgan fingerprint density at radius 2 is 1.48 bits per heavy atom. The third-order valence-corrected chi connectivity index (χ3v) is 4.51. The molecule has 158 valence electrons. The second-order valence-electron chi connectivity index (χ2n) is 7.47. The highest BCUT2D eigenvalue weighted by Crippen LogP contribution is 2.20. The lowest BCUT2D eigenvalue weighted by molar-refractivity contribution is -0.166. The van der Waals surface area contributed by atoms with Gasteiger partial charge in [-0.1, -0.05) is 65.3 Å². The van der Waals surface area contributed by atoms with E-state index in [1.165, 1.54) is 18.3 Å². The van der Waals surface area contributed by atoms with Crippen molar-refractivity contribution in [2.75, 3.05) is 7.11 Å². The summed E-state index contributed by atoms with van der Waals surface area (Å²) < 4.78 is 10.1. The lowest BCUT2D eigenvalue weighted by atomic mass is 10.1. The Balaban J connectivity index is 2.51. The zero-order valence-corrected chi connectivity index (χ0v) is 18.4. The number of allylic oxidation sites excluding steroid dienone is 5. The minimum absolute atomic E-state index is 0.134. The minimum atomic E-state index is -1.03. The molecule has 0 saturated heterocycles. The van der Waals surface area contributed by atoms with Crippen LogP contribution in [0.1, 0.15) is 71.5 Å². The van der Waals surface area contributed by atoms with Gasteiger partial charge in [0.15, 0.2) is 0 Å². The van der Waals surface area contributed by atoms with E-state index in [9.17, 15) is 9.59 Å². The maximum atomic E-state index is 12.2. The molecule has 0 saturated carbocycles. The Hall–Kier alpha value is -2.62. The van der Waals surface area contributed by atoms with Crippen LogP contribution in [0.4, 0.5) is 0 Å². The van der Waals surface area contributed by atoms with Gasteiger partial charge in [0.2, 0.25) is 6.10 Å². The maximum Gasteiger partial charge on any atom is 0.351 e. The molecule has 0 aliphatic heterocycles. The molecule has 0 fully saturated rings. The number of methoxy groups -OCH3 is 1. The van der Waals surface area contributed by atoms with Crippen LogP contribution in [0.5, 0.6) is 0 Å². The standard InChI is InChI=1S/C25H34O4/c1-19(2)11-9-12-20(3)13-10-14-21(4)17-18-23(26)29-24(25(27)28-5)22-15-7-6-8-16-22/h6-8,11,13,15-17,24H,9-10,12,14,18H2,1-5H3/b20-13+,21-17+. The molecule has 4 nitrogen and oxygen atoms in total. The summed E-state index contributed by atoms with van der Waals surface area (Å²) in [6.45, 7) is 8.40. The van der Waals surface area contributed by atoms with E-state index in [4.69, 9.17) is 9.47 Å². The highest BCUT2D eigenvalue weighted by Gasteiger charge is 2.25. The van der Waals surface area contributed by atoms with E-state index in [2.05, 4.69) is 32.9 Å². The SMILES string of the molecule is COC(=O)C(OC(=O)C/C=C(\C)CC/C=C(\C)CCC=C(C)C)c1ccccc1. The fourth-order valence-corrected chi connectivity index (χ4v) is 2.76. The number of hydrogen-bond acceptors (Lipinski definition) is 4. The van der Waals surface area contributed by atoms with Crippen molar-refractivity contribution >= 4 is 11.9 Å². The van der Waals surface area contributed by atoms with E-state index in [-0.39, 0.29) is 6.42 Å². The van der Waals surface area contributed by atoms with Crippen molar-refractivity contribution in [1.82, 2.24) is 0 Å². The van der Waals surface area contributed by atoms with Gasteiger partial charge in [-0.05, 0) is 53.4 Å². The first-order valence-electron chi connectivity index (χ1n) is 10.1. The topological polar surface area (TPSA) is 52.6 Å². The van der Waals surface area contributed by atoms with Gasteiger partial charge in [0.25, 0.3) is 0 Å². The lowest BCUT2D eigenvalue weighted by Crippen LogP contribution is -2.20. The number of esters is 2. The Morgan fingerprint density at radius 3 is 2.07 bits per heavy atom. The Kier molecular flexibility index (Phi) is 11.4. The predicted molar refractivity (Wildman–Crippen MR) is 117 cm³/mol. The van der Waals surface area contributed by atoms with Crippen molar-refractivity contribution in [1.29, 1.82) is 0 Å². The van der Waals surface area contributed by atoms with Gasteiger partial charge in [-0.25, -0.2) is 4.79 Å². The van der Waals surface area contributed by atoms with E-state index < -0.39 is 18.0 Å². The Morgan fingerprint density at radius 1 is 0.897 bits per heavy atom. The van der Waals surface area contributed by atoms with Crippen LogP contribution in [0.25, 0.3) is 0 Å². The van der Waals surface area contributed by atoms with Crippen LogP contribution >= 0.6 is 0 Å². The molecule has 1 unspecified atom stereocenters. The maximum absolute atomic E-state index is 12.2. The van der Waals surface area contributed by atoms with Crippen molar-refractivity contribution in [3.8, 4) is 0 Å². The van der Waals surface area contributed by atoms with Crippen LogP contribution in [0.2, 0.25) is 0 Å². The monoisotopic (exact) mass is 398 g/mol. The van der Waals surface area contributed by atoms with Crippen molar-refractivity contribution in [2.24, 2.45) is 0 Å². The van der Waals surface area contributed by atoms with Crippen LogP contribution in [0.15, 0.2) is 65.3 Å². The van der Waals surface area contributed by atoms with Gasteiger partial charge in [0.05, 0.1) is 13.5 Å². The van der Waals surface area contributed by atoms with Gasteiger partial charge in [0, 0.05) is 5.56 Å². The molecule has 0 heterocycles. The zero-order chi connectivity index (χ0) is 21.6. The molecule has 1 aromatic carbocycles. The number of benzene rings is 1. The summed E-state index contributed by atoms with van der Waals surface area (Å²) in [4.78, 5) is 24.2. The third-order valence-electron chi connectivity index (χ3n) is 4.51. The van der Waals surface area contributed by atoms with Gasteiger partial charge < -0.3 is 9.47 Å². The van der Waals surface area contributed by atoms with E-state index in [1.54, 1.807) is 24.3 Å². The normalized spacial score (nSPS) is 12.9. The molecule has 1 rings (SSSR count). The highest BCUT2D eigenvalue weighted by atomic mass is 16.6. The van der Waals surface area contributed by atoms with E-state index in [1.807, 2.05) is 19.1 Å². The summed E-state index contributed by atoms with van der Waals surface area (Å²) in [5.74, 6) is -1.03. The van der Waals surface area contributed by atoms with Gasteiger partial charge in [-0.2, -0.15) is 0 Å². The molecule has 4 heteroatoms. The van der Waals surface area contributed by atoms with Crippen molar-refractivity contribution in [3.63, 3.8) is 0 Å². The third kappa shape index (κ3) is 10.5. The number of carbonyl (C=O) groups is 2. The van der Waals surface area contributed by atoms with Gasteiger partial charge >= 0.3 is 11.9 Å². The molecule has 0 radical (unpaired) electrons. The van der Waals surface area contributed by atoms with Crippen LogP contribution in [0, 0.1) is 0 Å². The fraction of sp³-hybridized carbons (Fsp3) is 0.440. The first-order chi connectivity index (χ1) is 13.8. The first-order valence-corrected chi connectivity index (χ1v) is 10.1. The quantitative estimate of drug-likeness (QED) is 0.326. The summed E-state index contributed by atoms with van der Waals surface area (Å²) in [6.07, 6.45) is 9.49. The van der Waals surface area contributed by atoms with Crippen LogP contribution in [-0.2, 0) is 19.1 Å². The number of hydrogen-bond donors (Lipinski definition) is 0. The molecule has 1 aromatic rings. The van der Waals surface area contributed by atoms with Crippen LogP contribution in [0.3, 0.4) is 0 Å². The Bertz CT molecular complexity index is 737. The van der Waals surface area contributed by atoms with Crippen molar-refractivity contribution in [3.05, 3.63) is 70.8 Å².